The van der Waals surface area contributed by atoms with Gasteiger partial charge in [0.15, 0.2) is 0 Å². The van der Waals surface area contributed by atoms with Crippen LogP contribution in [0.5, 0.6) is 11.5 Å². The molecule has 0 bridgehead atoms. The molecule has 3 nitrogen and oxygen atoms in total. The molecule has 0 atom stereocenters. The second-order valence-corrected chi connectivity index (χ2v) is 5.08. The third-order valence-corrected chi connectivity index (χ3v) is 3.16. The van der Waals surface area contributed by atoms with Crippen molar-refractivity contribution in [3.8, 4) is 11.5 Å². The summed E-state index contributed by atoms with van der Waals surface area (Å²) >= 11 is 5.98. The Kier molecular flexibility index (Phi) is 5.64. The van der Waals surface area contributed by atoms with Gasteiger partial charge in [-0.05, 0) is 43.2 Å². The van der Waals surface area contributed by atoms with Gasteiger partial charge >= 0.3 is 5.97 Å². The van der Waals surface area contributed by atoms with Gasteiger partial charge in [0.05, 0.1) is 11.6 Å². The molecule has 0 radical (unpaired) electrons. The van der Waals surface area contributed by atoms with E-state index in [0.717, 1.165) is 11.3 Å². The van der Waals surface area contributed by atoms with Crippen LogP contribution >= 0.6 is 11.6 Å². The first-order valence-corrected chi connectivity index (χ1v) is 7.17. The van der Waals surface area contributed by atoms with Crippen molar-refractivity contribution < 1.29 is 14.3 Å². The second-order valence-electron chi connectivity index (χ2n) is 4.67. The summed E-state index contributed by atoms with van der Waals surface area (Å²) in [6, 6.07) is 14.8. The molecule has 0 amide bonds. The molecule has 2 rings (SSSR count). The Morgan fingerprint density at radius 3 is 2.67 bits per heavy atom. The Balaban J connectivity index is 1.74. The van der Waals surface area contributed by atoms with Crippen LogP contribution in [0, 0.1) is 6.92 Å². The van der Waals surface area contributed by atoms with Crippen molar-refractivity contribution in [2.75, 3.05) is 6.61 Å². The number of carbonyl (C=O) groups excluding carboxylic acids is 1. The van der Waals surface area contributed by atoms with E-state index in [1.807, 2.05) is 43.3 Å². The normalized spacial score (nSPS) is 10.2. The van der Waals surface area contributed by atoms with E-state index in [2.05, 4.69) is 0 Å². The van der Waals surface area contributed by atoms with E-state index in [1.165, 1.54) is 0 Å². The molecule has 2 aromatic carbocycles. The first-order valence-electron chi connectivity index (χ1n) is 6.80. The molecule has 0 aliphatic carbocycles. The van der Waals surface area contributed by atoms with Crippen molar-refractivity contribution in [2.24, 2.45) is 0 Å². The number of halogens is 1. The first kappa shape index (κ1) is 15.4. The van der Waals surface area contributed by atoms with Crippen molar-refractivity contribution in [1.29, 1.82) is 0 Å². The second kappa shape index (κ2) is 7.70. The number of hydrogen-bond acceptors (Lipinski definition) is 3. The molecule has 0 heterocycles. The SMILES string of the molecule is Cc1ccc(Cl)c(OC(=O)CCCOc2ccccc2)c1. The molecular formula is C17H17ClO3. The summed E-state index contributed by atoms with van der Waals surface area (Å²) < 4.78 is 10.8. The number of hydrogen-bond donors (Lipinski definition) is 0. The number of benzene rings is 2. The van der Waals surface area contributed by atoms with E-state index in [9.17, 15) is 4.79 Å². The molecule has 0 fully saturated rings. The topological polar surface area (TPSA) is 35.5 Å². The summed E-state index contributed by atoms with van der Waals surface area (Å²) in [7, 11) is 0. The van der Waals surface area contributed by atoms with E-state index in [1.54, 1.807) is 12.1 Å². The fourth-order valence-electron chi connectivity index (χ4n) is 1.79. The lowest BCUT2D eigenvalue weighted by Gasteiger charge is -2.08. The van der Waals surface area contributed by atoms with E-state index >= 15 is 0 Å². The molecule has 0 saturated carbocycles. The van der Waals surface area contributed by atoms with E-state index in [4.69, 9.17) is 21.1 Å². The lowest BCUT2D eigenvalue weighted by Crippen LogP contribution is -2.10. The smallest absolute Gasteiger partial charge is 0.311 e. The van der Waals surface area contributed by atoms with Gasteiger partial charge in [0, 0.05) is 6.42 Å². The van der Waals surface area contributed by atoms with Gasteiger partial charge in [-0.25, -0.2) is 0 Å². The number of esters is 1. The van der Waals surface area contributed by atoms with Gasteiger partial charge in [-0.15, -0.1) is 0 Å². The van der Waals surface area contributed by atoms with Crippen LogP contribution < -0.4 is 9.47 Å². The average molecular weight is 305 g/mol. The van der Waals surface area contributed by atoms with Crippen molar-refractivity contribution in [3.05, 3.63) is 59.1 Å². The Hall–Kier alpha value is -2.00. The van der Waals surface area contributed by atoms with Crippen LogP contribution in [-0.4, -0.2) is 12.6 Å². The third-order valence-electron chi connectivity index (χ3n) is 2.85. The quantitative estimate of drug-likeness (QED) is 0.450. The first-order chi connectivity index (χ1) is 10.1. The maximum absolute atomic E-state index is 11.8. The highest BCUT2D eigenvalue weighted by molar-refractivity contribution is 6.32. The van der Waals surface area contributed by atoms with Gasteiger partial charge in [0.25, 0.3) is 0 Å². The Morgan fingerprint density at radius 2 is 1.90 bits per heavy atom. The van der Waals surface area contributed by atoms with Gasteiger partial charge < -0.3 is 9.47 Å². The monoisotopic (exact) mass is 304 g/mol. The Morgan fingerprint density at radius 1 is 1.14 bits per heavy atom. The van der Waals surface area contributed by atoms with E-state index in [-0.39, 0.29) is 12.4 Å². The van der Waals surface area contributed by atoms with E-state index in [0.29, 0.717) is 23.8 Å². The minimum Gasteiger partial charge on any atom is -0.494 e. The molecule has 4 heteroatoms. The predicted molar refractivity (Wildman–Crippen MR) is 83.0 cm³/mol. The van der Waals surface area contributed by atoms with Crippen molar-refractivity contribution in [1.82, 2.24) is 0 Å². The number of aryl methyl sites for hydroxylation is 1. The fourth-order valence-corrected chi connectivity index (χ4v) is 1.94. The number of ether oxygens (including phenoxy) is 2. The summed E-state index contributed by atoms with van der Waals surface area (Å²) in [4.78, 5) is 11.8. The Bertz CT molecular complexity index is 596. The largest absolute Gasteiger partial charge is 0.494 e. The molecule has 2 aromatic rings. The van der Waals surface area contributed by atoms with Crippen molar-refractivity contribution in [3.63, 3.8) is 0 Å². The lowest BCUT2D eigenvalue weighted by molar-refractivity contribution is -0.134. The summed E-state index contributed by atoms with van der Waals surface area (Å²) in [6.07, 6.45) is 0.883. The van der Waals surface area contributed by atoms with Crippen LogP contribution in [0.2, 0.25) is 5.02 Å². The molecule has 0 aliphatic rings. The van der Waals surface area contributed by atoms with Crippen LogP contribution in [0.1, 0.15) is 18.4 Å². The molecule has 0 aliphatic heterocycles. The maximum atomic E-state index is 11.8. The predicted octanol–water partition coefficient (Wildman–Crippen LogP) is 4.41. The lowest BCUT2D eigenvalue weighted by atomic mass is 10.2. The molecular weight excluding hydrogens is 288 g/mol. The summed E-state index contributed by atoms with van der Waals surface area (Å²) in [6.45, 7) is 2.39. The van der Waals surface area contributed by atoms with Crippen molar-refractivity contribution in [2.45, 2.75) is 19.8 Å². The molecule has 0 N–H and O–H groups in total. The maximum Gasteiger partial charge on any atom is 0.311 e. The van der Waals surface area contributed by atoms with Crippen LogP contribution in [0.15, 0.2) is 48.5 Å². The fraction of sp³-hybridized carbons (Fsp3) is 0.235. The minimum atomic E-state index is -0.306. The molecule has 21 heavy (non-hydrogen) atoms. The molecule has 0 unspecified atom stereocenters. The third kappa shape index (κ3) is 5.12. The average Bonchev–Trinajstić information content (AvgIpc) is 2.48. The van der Waals surface area contributed by atoms with Crippen LogP contribution in [0.25, 0.3) is 0 Å². The highest BCUT2D eigenvalue weighted by Crippen LogP contribution is 2.25. The number of para-hydroxylation sites is 1. The van der Waals surface area contributed by atoms with Gasteiger partial charge in [-0.3, -0.25) is 4.79 Å². The molecule has 0 aromatic heterocycles. The molecule has 110 valence electrons. The Labute approximate surface area is 129 Å². The highest BCUT2D eigenvalue weighted by Gasteiger charge is 2.08. The summed E-state index contributed by atoms with van der Waals surface area (Å²) in [5.41, 5.74) is 0.995. The summed E-state index contributed by atoms with van der Waals surface area (Å²) in [5.74, 6) is 0.900. The van der Waals surface area contributed by atoms with Crippen LogP contribution in [-0.2, 0) is 4.79 Å². The van der Waals surface area contributed by atoms with E-state index < -0.39 is 0 Å². The minimum absolute atomic E-state index is 0.289. The van der Waals surface area contributed by atoms with Gasteiger partial charge in [0.1, 0.15) is 11.5 Å². The van der Waals surface area contributed by atoms with Gasteiger partial charge in [-0.2, -0.15) is 0 Å². The van der Waals surface area contributed by atoms with Crippen LogP contribution in [0.3, 0.4) is 0 Å². The molecule has 0 saturated heterocycles. The van der Waals surface area contributed by atoms with Gasteiger partial charge in [-0.1, -0.05) is 35.9 Å². The molecule has 0 spiro atoms. The standard InChI is InChI=1S/C17H17ClO3/c1-13-9-10-15(18)16(12-13)21-17(19)8-5-11-20-14-6-3-2-4-7-14/h2-4,6-7,9-10,12H,5,8,11H2,1H3. The number of carbonyl (C=O) groups is 1. The van der Waals surface area contributed by atoms with Crippen LogP contribution in [0.4, 0.5) is 0 Å². The zero-order valence-electron chi connectivity index (χ0n) is 11.8. The van der Waals surface area contributed by atoms with Crippen molar-refractivity contribution >= 4 is 17.6 Å². The highest BCUT2D eigenvalue weighted by atomic mass is 35.5. The number of rotatable bonds is 6. The van der Waals surface area contributed by atoms with Gasteiger partial charge in [0.2, 0.25) is 0 Å². The zero-order valence-corrected chi connectivity index (χ0v) is 12.6. The summed E-state index contributed by atoms with van der Waals surface area (Å²) in [5, 5.41) is 0.439. The zero-order chi connectivity index (χ0) is 15.1.